The number of hydrogen-bond acceptors (Lipinski definition) is 1. The third-order valence-corrected chi connectivity index (χ3v) is 5.22. The second-order valence-corrected chi connectivity index (χ2v) is 8.37. The van der Waals surface area contributed by atoms with Crippen molar-refractivity contribution in [1.29, 1.82) is 0 Å². The van der Waals surface area contributed by atoms with Crippen molar-refractivity contribution in [2.75, 3.05) is 4.90 Å². The number of hydrogen-bond donors (Lipinski definition) is 0. The summed E-state index contributed by atoms with van der Waals surface area (Å²) in [5.74, 6) is -0.328. The highest BCUT2D eigenvalue weighted by Gasteiger charge is 2.19. The van der Waals surface area contributed by atoms with Crippen LogP contribution in [0.4, 0.5) is 21.5 Å². The maximum absolute atomic E-state index is 13.9. The molecule has 0 aliphatic heterocycles. The fourth-order valence-electron chi connectivity index (χ4n) is 2.40. The van der Waals surface area contributed by atoms with Crippen LogP contribution < -0.4 is 10.2 Å². The van der Waals surface area contributed by atoms with Gasteiger partial charge in [0.25, 0.3) is 0 Å². The van der Waals surface area contributed by atoms with Gasteiger partial charge in [-0.1, -0.05) is 58.9 Å². The summed E-state index contributed by atoms with van der Waals surface area (Å²) in [6, 6.07) is 24.0. The zero-order chi connectivity index (χ0) is 16.2. The van der Waals surface area contributed by atoms with E-state index in [9.17, 15) is 4.39 Å². The van der Waals surface area contributed by atoms with Crippen molar-refractivity contribution >= 4 is 51.5 Å². The van der Waals surface area contributed by atoms with Gasteiger partial charge < -0.3 is 4.90 Å². The van der Waals surface area contributed by atoms with Gasteiger partial charge in [-0.2, -0.15) is 0 Å². The number of benzene rings is 3. The lowest BCUT2D eigenvalue weighted by Gasteiger charge is -2.27. The summed E-state index contributed by atoms with van der Waals surface area (Å²) < 4.78 is 13.9. The summed E-state index contributed by atoms with van der Waals surface area (Å²) in [5, 5.41) is 0.720. The molecule has 0 atom stereocenters. The molecule has 0 bridgehead atoms. The lowest BCUT2D eigenvalue weighted by molar-refractivity contribution is 0.628. The standard InChI is InChI=1S/C18H13Cl2FNP/c19-23(20)18-12-11-14(21)13-17(18)22(15-7-3-1-4-8-15)16-9-5-2-6-10-16/h1-13H. The minimum absolute atomic E-state index is 0.328. The van der Waals surface area contributed by atoms with E-state index in [0.717, 1.165) is 16.7 Å². The molecule has 3 aromatic rings. The van der Waals surface area contributed by atoms with Gasteiger partial charge in [0, 0.05) is 16.7 Å². The fourth-order valence-corrected chi connectivity index (χ4v) is 3.78. The second kappa shape index (κ2) is 7.31. The first-order valence-electron chi connectivity index (χ1n) is 6.98. The number of para-hydroxylation sites is 2. The largest absolute Gasteiger partial charge is 0.310 e. The van der Waals surface area contributed by atoms with E-state index in [-0.39, 0.29) is 5.82 Å². The van der Waals surface area contributed by atoms with Crippen molar-refractivity contribution in [2.24, 2.45) is 0 Å². The zero-order valence-corrected chi connectivity index (χ0v) is 14.4. The Morgan fingerprint density at radius 2 is 1.26 bits per heavy atom. The molecular formula is C18H13Cl2FNP. The van der Waals surface area contributed by atoms with Gasteiger partial charge in [-0.05, 0) is 42.5 Å². The number of anilines is 3. The Labute approximate surface area is 145 Å². The van der Waals surface area contributed by atoms with E-state index in [2.05, 4.69) is 0 Å². The van der Waals surface area contributed by atoms with Gasteiger partial charge in [0.1, 0.15) is 12.4 Å². The van der Waals surface area contributed by atoms with Gasteiger partial charge in [0.2, 0.25) is 0 Å². The predicted molar refractivity (Wildman–Crippen MR) is 99.3 cm³/mol. The van der Waals surface area contributed by atoms with Crippen molar-refractivity contribution in [1.82, 2.24) is 0 Å². The smallest absolute Gasteiger partial charge is 0.125 e. The first-order chi connectivity index (χ1) is 11.2. The van der Waals surface area contributed by atoms with Gasteiger partial charge in [0.05, 0.1) is 5.69 Å². The summed E-state index contributed by atoms with van der Waals surface area (Å²) in [6.07, 6.45) is 0. The van der Waals surface area contributed by atoms with E-state index in [1.165, 1.54) is 12.1 Å². The van der Waals surface area contributed by atoms with E-state index in [1.54, 1.807) is 6.07 Å². The highest BCUT2D eigenvalue weighted by atomic mass is 35.9. The van der Waals surface area contributed by atoms with E-state index in [1.807, 2.05) is 65.6 Å². The molecule has 0 radical (unpaired) electrons. The Hall–Kier alpha value is -1.60. The van der Waals surface area contributed by atoms with E-state index >= 15 is 0 Å². The molecule has 0 saturated heterocycles. The average Bonchev–Trinajstić information content (AvgIpc) is 2.57. The maximum Gasteiger partial charge on any atom is 0.125 e. The van der Waals surface area contributed by atoms with E-state index < -0.39 is 6.63 Å². The molecule has 0 N–H and O–H groups in total. The Morgan fingerprint density at radius 1 is 0.739 bits per heavy atom. The summed E-state index contributed by atoms with van der Waals surface area (Å²) >= 11 is 12.3. The predicted octanol–water partition coefficient (Wildman–Crippen LogP) is 6.71. The van der Waals surface area contributed by atoms with Gasteiger partial charge >= 0.3 is 0 Å². The molecule has 0 aromatic heterocycles. The van der Waals surface area contributed by atoms with Crippen molar-refractivity contribution in [3.8, 4) is 0 Å². The topological polar surface area (TPSA) is 3.24 Å². The first kappa shape index (κ1) is 16.3. The SMILES string of the molecule is Fc1ccc(P(Cl)Cl)c(N(c2ccccc2)c2ccccc2)c1. The van der Waals surface area contributed by atoms with Crippen LogP contribution in [0.3, 0.4) is 0 Å². The summed E-state index contributed by atoms with van der Waals surface area (Å²) in [5.41, 5.74) is 2.48. The van der Waals surface area contributed by atoms with Crippen LogP contribution in [-0.4, -0.2) is 0 Å². The van der Waals surface area contributed by atoms with Gasteiger partial charge in [-0.3, -0.25) is 0 Å². The lowest BCUT2D eigenvalue weighted by atomic mass is 10.2. The van der Waals surface area contributed by atoms with Crippen molar-refractivity contribution in [3.05, 3.63) is 84.7 Å². The molecule has 116 valence electrons. The molecule has 0 fully saturated rings. The Morgan fingerprint density at radius 3 is 1.74 bits per heavy atom. The number of halogens is 3. The first-order valence-corrected chi connectivity index (χ1v) is 10.1. The minimum atomic E-state index is -1.41. The highest BCUT2D eigenvalue weighted by molar-refractivity contribution is 8.09. The molecule has 0 spiro atoms. The fraction of sp³-hybridized carbons (Fsp3) is 0. The normalized spacial score (nSPS) is 10.8. The van der Waals surface area contributed by atoms with Crippen LogP contribution in [0.2, 0.25) is 0 Å². The summed E-state index contributed by atoms with van der Waals surface area (Å²) in [4.78, 5) is 1.96. The van der Waals surface area contributed by atoms with Crippen LogP contribution in [0, 0.1) is 5.82 Å². The Balaban J connectivity index is 2.23. The second-order valence-electron chi connectivity index (χ2n) is 4.87. The van der Waals surface area contributed by atoms with Crippen LogP contribution in [0.5, 0.6) is 0 Å². The maximum atomic E-state index is 13.9. The molecule has 0 heterocycles. The van der Waals surface area contributed by atoms with Crippen LogP contribution in [0.1, 0.15) is 0 Å². The Bertz CT molecular complexity index is 742. The van der Waals surface area contributed by atoms with Gasteiger partial charge in [0.15, 0.2) is 0 Å². The van der Waals surface area contributed by atoms with Crippen molar-refractivity contribution in [3.63, 3.8) is 0 Å². The molecule has 0 aliphatic carbocycles. The molecule has 0 saturated carbocycles. The van der Waals surface area contributed by atoms with Gasteiger partial charge in [-0.25, -0.2) is 4.39 Å². The quantitative estimate of drug-likeness (QED) is 0.465. The highest BCUT2D eigenvalue weighted by Crippen LogP contribution is 2.49. The molecule has 23 heavy (non-hydrogen) atoms. The monoisotopic (exact) mass is 363 g/mol. The number of rotatable bonds is 4. The molecule has 0 aliphatic rings. The lowest BCUT2D eigenvalue weighted by Crippen LogP contribution is -2.17. The molecule has 3 aromatic carbocycles. The minimum Gasteiger partial charge on any atom is -0.310 e. The van der Waals surface area contributed by atoms with Crippen LogP contribution >= 0.6 is 29.1 Å². The third-order valence-electron chi connectivity index (χ3n) is 3.39. The van der Waals surface area contributed by atoms with Crippen LogP contribution in [-0.2, 0) is 0 Å². The molecule has 0 amide bonds. The van der Waals surface area contributed by atoms with Crippen LogP contribution in [0.15, 0.2) is 78.9 Å². The summed E-state index contributed by atoms with van der Waals surface area (Å²) in [6.45, 7) is -1.41. The summed E-state index contributed by atoms with van der Waals surface area (Å²) in [7, 11) is 0. The van der Waals surface area contributed by atoms with Crippen LogP contribution in [0.25, 0.3) is 0 Å². The molecule has 5 heteroatoms. The van der Waals surface area contributed by atoms with Gasteiger partial charge in [-0.15, -0.1) is 0 Å². The van der Waals surface area contributed by atoms with Crippen molar-refractivity contribution in [2.45, 2.75) is 0 Å². The third kappa shape index (κ3) is 3.67. The molecule has 1 nitrogen and oxygen atoms in total. The van der Waals surface area contributed by atoms with E-state index in [4.69, 9.17) is 22.5 Å². The zero-order valence-electron chi connectivity index (χ0n) is 12.0. The van der Waals surface area contributed by atoms with E-state index in [0.29, 0.717) is 5.69 Å². The number of nitrogens with zero attached hydrogens (tertiary/aromatic N) is 1. The molecule has 3 rings (SSSR count). The molecule has 0 unspecified atom stereocenters. The molecular weight excluding hydrogens is 351 g/mol. The van der Waals surface area contributed by atoms with Crippen molar-refractivity contribution < 1.29 is 4.39 Å². The Kier molecular flexibility index (Phi) is 5.17. The average molecular weight is 364 g/mol.